The van der Waals surface area contributed by atoms with E-state index in [4.69, 9.17) is 4.74 Å². The number of Topliss-reactive ketones (excluding diaryl/α,β-unsaturated/α-hetero) is 1. The highest BCUT2D eigenvalue weighted by atomic mass is 19.2. The van der Waals surface area contributed by atoms with Crippen molar-refractivity contribution in [3.63, 3.8) is 0 Å². The van der Waals surface area contributed by atoms with Crippen LogP contribution in [0.15, 0.2) is 17.8 Å². The Morgan fingerprint density at radius 3 is 2.39 bits per heavy atom. The van der Waals surface area contributed by atoms with E-state index in [-0.39, 0.29) is 31.9 Å². The number of aliphatic hydroxyl groups is 1. The highest BCUT2D eigenvalue weighted by Crippen LogP contribution is 2.26. The number of halogens is 4. The van der Waals surface area contributed by atoms with E-state index in [9.17, 15) is 32.3 Å². The predicted molar refractivity (Wildman–Crippen MR) is 91.4 cm³/mol. The lowest BCUT2D eigenvalue weighted by Crippen LogP contribution is -2.33. The normalized spacial score (nSPS) is 15.0. The van der Waals surface area contributed by atoms with E-state index in [0.717, 1.165) is 31.9 Å². The minimum Gasteiger partial charge on any atom is -0.462 e. The number of esters is 1. The van der Waals surface area contributed by atoms with Crippen molar-refractivity contribution >= 4 is 11.8 Å². The highest BCUT2D eigenvalue weighted by Gasteiger charge is 2.30. The van der Waals surface area contributed by atoms with Crippen LogP contribution in [0.25, 0.3) is 0 Å². The van der Waals surface area contributed by atoms with Crippen LogP contribution < -0.4 is 0 Å². The van der Waals surface area contributed by atoms with Crippen LogP contribution in [0.4, 0.5) is 17.6 Å². The minimum atomic E-state index is -2.14. The zero-order valence-electron chi connectivity index (χ0n) is 15.3. The number of ether oxygens (including phenoxy) is 1. The maximum absolute atomic E-state index is 14.1. The first-order valence-corrected chi connectivity index (χ1v) is 8.95. The molecule has 0 aromatic heterocycles. The fourth-order valence-corrected chi connectivity index (χ4v) is 3.17. The largest absolute Gasteiger partial charge is 0.462 e. The van der Waals surface area contributed by atoms with E-state index in [1.54, 1.807) is 4.90 Å². The number of hydrogen-bond acceptors (Lipinski definition) is 5. The molecule has 28 heavy (non-hydrogen) atoms. The van der Waals surface area contributed by atoms with Gasteiger partial charge in [-0.15, -0.1) is 0 Å². The third kappa shape index (κ3) is 4.70. The van der Waals surface area contributed by atoms with Crippen molar-refractivity contribution in [1.29, 1.82) is 0 Å². The molecule has 0 atom stereocenters. The molecular weight excluding hydrogens is 382 g/mol. The third-order valence-corrected chi connectivity index (χ3v) is 4.53. The second-order valence-corrected chi connectivity index (χ2v) is 6.34. The average Bonchev–Trinajstić information content (AvgIpc) is 3.20. The number of aliphatic hydroxyl groups excluding tert-OH is 1. The first kappa shape index (κ1) is 21.9. The molecule has 0 heterocycles. The Kier molecular flexibility index (Phi) is 7.56. The lowest BCUT2D eigenvalue weighted by molar-refractivity contribution is -0.138. The Balaban J connectivity index is 2.50. The number of rotatable bonds is 8. The topological polar surface area (TPSA) is 66.8 Å². The zero-order chi connectivity index (χ0) is 20.8. The highest BCUT2D eigenvalue weighted by molar-refractivity contribution is 6.24. The van der Waals surface area contributed by atoms with Gasteiger partial charge in [-0.1, -0.05) is 12.8 Å². The third-order valence-electron chi connectivity index (χ3n) is 4.53. The van der Waals surface area contributed by atoms with Gasteiger partial charge < -0.3 is 14.7 Å². The van der Waals surface area contributed by atoms with Crippen molar-refractivity contribution < 1.29 is 37.0 Å². The van der Waals surface area contributed by atoms with Gasteiger partial charge in [-0.2, -0.15) is 0 Å². The Hall–Kier alpha value is -2.42. The molecular formula is C19H21F4NO4. The molecule has 0 radical (unpaired) electrons. The summed E-state index contributed by atoms with van der Waals surface area (Å²) in [6.45, 7) is 1.21. The van der Waals surface area contributed by atoms with Crippen molar-refractivity contribution in [2.24, 2.45) is 0 Å². The van der Waals surface area contributed by atoms with Gasteiger partial charge in [-0.3, -0.25) is 4.79 Å². The molecule has 9 heteroatoms. The molecule has 2 rings (SSSR count). The van der Waals surface area contributed by atoms with Gasteiger partial charge in [-0.25, -0.2) is 22.4 Å². The lowest BCUT2D eigenvalue weighted by Gasteiger charge is -2.27. The maximum atomic E-state index is 14.1. The van der Waals surface area contributed by atoms with Crippen molar-refractivity contribution in [1.82, 2.24) is 4.90 Å². The summed E-state index contributed by atoms with van der Waals surface area (Å²) in [4.78, 5) is 26.5. The van der Waals surface area contributed by atoms with E-state index in [2.05, 4.69) is 0 Å². The summed E-state index contributed by atoms with van der Waals surface area (Å²) in [5, 5.41) is 9.28. The number of carbonyl (C=O) groups is 2. The standard InChI is InChI=1S/C19H21F4NO4/c1-2-28-19(27)13(10-24(7-8-25)11-5-3-4-6-11)18(26)12-9-14(20)16(22)17(23)15(12)21/h9-11,25H,2-8H2,1H3. The summed E-state index contributed by atoms with van der Waals surface area (Å²) >= 11 is 0. The Morgan fingerprint density at radius 1 is 1.18 bits per heavy atom. The molecule has 1 fully saturated rings. The summed E-state index contributed by atoms with van der Waals surface area (Å²) in [6, 6.07) is 0.144. The van der Waals surface area contributed by atoms with Crippen LogP contribution in [0.3, 0.4) is 0 Å². The molecule has 0 unspecified atom stereocenters. The SMILES string of the molecule is CCOC(=O)C(=CN(CCO)C1CCCC1)C(=O)c1cc(F)c(F)c(F)c1F. The summed E-state index contributed by atoms with van der Waals surface area (Å²) in [7, 11) is 0. The van der Waals surface area contributed by atoms with Crippen molar-refractivity contribution in [2.75, 3.05) is 19.8 Å². The minimum absolute atomic E-state index is 0.0593. The molecule has 1 aliphatic carbocycles. The molecule has 1 aliphatic rings. The monoisotopic (exact) mass is 403 g/mol. The van der Waals surface area contributed by atoms with Gasteiger partial charge in [0, 0.05) is 18.8 Å². The molecule has 0 amide bonds. The van der Waals surface area contributed by atoms with Crippen LogP contribution >= 0.6 is 0 Å². The Bertz CT molecular complexity index is 776. The lowest BCUT2D eigenvalue weighted by atomic mass is 10.0. The molecule has 1 N–H and O–H groups in total. The van der Waals surface area contributed by atoms with E-state index in [1.165, 1.54) is 6.92 Å². The van der Waals surface area contributed by atoms with Crippen molar-refractivity contribution in [3.05, 3.63) is 46.7 Å². The second kappa shape index (κ2) is 9.68. The number of carbonyl (C=O) groups excluding carboxylic acids is 2. The van der Waals surface area contributed by atoms with Gasteiger partial charge in [0.15, 0.2) is 23.3 Å². The van der Waals surface area contributed by atoms with Gasteiger partial charge in [0.05, 0.1) is 18.8 Å². The molecule has 1 aromatic rings. The van der Waals surface area contributed by atoms with Crippen LogP contribution in [-0.4, -0.2) is 47.6 Å². The molecule has 0 saturated heterocycles. The van der Waals surface area contributed by atoms with Crippen LogP contribution in [0.2, 0.25) is 0 Å². The van der Waals surface area contributed by atoms with E-state index in [1.807, 2.05) is 0 Å². The van der Waals surface area contributed by atoms with E-state index in [0.29, 0.717) is 0 Å². The van der Waals surface area contributed by atoms with Crippen LogP contribution in [0, 0.1) is 23.3 Å². The number of hydrogen-bond donors (Lipinski definition) is 1. The van der Waals surface area contributed by atoms with Gasteiger partial charge >= 0.3 is 5.97 Å². The fraction of sp³-hybridized carbons (Fsp3) is 0.474. The van der Waals surface area contributed by atoms with E-state index < -0.39 is 46.2 Å². The molecule has 0 aliphatic heterocycles. The van der Waals surface area contributed by atoms with Crippen LogP contribution in [-0.2, 0) is 9.53 Å². The van der Waals surface area contributed by atoms with E-state index >= 15 is 0 Å². The maximum Gasteiger partial charge on any atom is 0.343 e. The van der Waals surface area contributed by atoms with Crippen molar-refractivity contribution in [3.8, 4) is 0 Å². The van der Waals surface area contributed by atoms with Crippen molar-refractivity contribution in [2.45, 2.75) is 38.6 Å². The van der Waals surface area contributed by atoms with Gasteiger partial charge in [0.1, 0.15) is 5.57 Å². The molecule has 154 valence electrons. The van der Waals surface area contributed by atoms with Gasteiger partial charge in [0.2, 0.25) is 5.78 Å². The summed E-state index contributed by atoms with van der Waals surface area (Å²) in [5.74, 6) is -10.3. The Morgan fingerprint density at radius 2 is 1.82 bits per heavy atom. The zero-order valence-corrected chi connectivity index (χ0v) is 15.3. The fourth-order valence-electron chi connectivity index (χ4n) is 3.17. The molecule has 0 spiro atoms. The summed E-state index contributed by atoms with van der Waals surface area (Å²) in [5.41, 5.74) is -1.78. The summed E-state index contributed by atoms with van der Waals surface area (Å²) < 4.78 is 59.1. The van der Waals surface area contributed by atoms with Gasteiger partial charge in [-0.05, 0) is 25.8 Å². The van der Waals surface area contributed by atoms with Crippen LogP contribution in [0.5, 0.6) is 0 Å². The molecule has 5 nitrogen and oxygen atoms in total. The summed E-state index contributed by atoms with van der Waals surface area (Å²) in [6.07, 6.45) is 4.48. The molecule has 1 aromatic carbocycles. The number of nitrogens with zero attached hydrogens (tertiary/aromatic N) is 1. The first-order valence-electron chi connectivity index (χ1n) is 8.95. The van der Waals surface area contributed by atoms with Gasteiger partial charge in [0.25, 0.3) is 0 Å². The number of benzene rings is 1. The molecule has 1 saturated carbocycles. The average molecular weight is 403 g/mol. The van der Waals surface area contributed by atoms with Crippen LogP contribution in [0.1, 0.15) is 43.0 Å². The number of ketones is 1. The second-order valence-electron chi connectivity index (χ2n) is 6.34. The first-order chi connectivity index (χ1) is 13.3. The quantitative estimate of drug-likeness (QED) is 0.106. The molecule has 0 bridgehead atoms. The smallest absolute Gasteiger partial charge is 0.343 e. The Labute approximate surface area is 159 Å². The predicted octanol–water partition coefficient (Wildman–Crippen LogP) is 3.11.